The largest absolute Gasteiger partial charge is 0.492 e. The van der Waals surface area contributed by atoms with Crippen molar-refractivity contribution in [3.05, 3.63) is 94.8 Å². The monoisotopic (exact) mass is 516 g/mol. The summed E-state index contributed by atoms with van der Waals surface area (Å²) in [5.41, 5.74) is 2.09. The summed E-state index contributed by atoms with van der Waals surface area (Å²) >= 11 is 0.864. The molecule has 6 rings (SSSR count). The van der Waals surface area contributed by atoms with Gasteiger partial charge in [-0.15, -0.1) is 0 Å². The molecular formula is C28H21FN2O5S. The lowest BCUT2D eigenvalue weighted by molar-refractivity contribution is -0.123. The molecule has 2 aliphatic heterocycles. The van der Waals surface area contributed by atoms with Crippen molar-refractivity contribution in [2.45, 2.75) is 13.1 Å². The van der Waals surface area contributed by atoms with Gasteiger partial charge in [0, 0.05) is 34.3 Å². The number of halogens is 1. The lowest BCUT2D eigenvalue weighted by Gasteiger charge is -2.12. The van der Waals surface area contributed by atoms with Crippen molar-refractivity contribution in [1.29, 1.82) is 0 Å². The number of fused-ring (bicyclic) bond motifs is 2. The Morgan fingerprint density at radius 2 is 1.81 bits per heavy atom. The molecule has 4 aromatic rings. The highest BCUT2D eigenvalue weighted by molar-refractivity contribution is 8.18. The van der Waals surface area contributed by atoms with Crippen LogP contribution >= 0.6 is 11.8 Å². The number of amides is 2. The summed E-state index contributed by atoms with van der Waals surface area (Å²) in [5.74, 6) is 1.17. The molecule has 2 aliphatic rings. The van der Waals surface area contributed by atoms with E-state index in [1.54, 1.807) is 30.3 Å². The van der Waals surface area contributed by atoms with Gasteiger partial charge in [-0.1, -0.05) is 36.4 Å². The van der Waals surface area contributed by atoms with Gasteiger partial charge < -0.3 is 18.8 Å². The van der Waals surface area contributed by atoms with Crippen LogP contribution < -0.4 is 14.2 Å². The van der Waals surface area contributed by atoms with Crippen LogP contribution in [0.4, 0.5) is 9.18 Å². The fourth-order valence-corrected chi connectivity index (χ4v) is 5.21. The molecule has 1 aromatic heterocycles. The molecule has 37 heavy (non-hydrogen) atoms. The topological polar surface area (TPSA) is 70.0 Å². The zero-order chi connectivity index (χ0) is 25.4. The zero-order valence-electron chi connectivity index (χ0n) is 19.6. The van der Waals surface area contributed by atoms with E-state index in [4.69, 9.17) is 14.2 Å². The highest BCUT2D eigenvalue weighted by Crippen LogP contribution is 2.36. The third-order valence-electron chi connectivity index (χ3n) is 6.21. The number of carbonyl (C=O) groups is 2. The molecule has 7 nitrogen and oxygen atoms in total. The van der Waals surface area contributed by atoms with Gasteiger partial charge in [0.15, 0.2) is 11.5 Å². The van der Waals surface area contributed by atoms with E-state index in [0.29, 0.717) is 40.9 Å². The second-order valence-corrected chi connectivity index (χ2v) is 9.51. The summed E-state index contributed by atoms with van der Waals surface area (Å²) in [7, 11) is 0. The quantitative estimate of drug-likeness (QED) is 0.288. The number of imide groups is 1. The Labute approximate surface area is 216 Å². The number of para-hydroxylation sites is 1. The Morgan fingerprint density at radius 1 is 1.00 bits per heavy atom. The van der Waals surface area contributed by atoms with Gasteiger partial charge >= 0.3 is 0 Å². The molecule has 0 N–H and O–H groups in total. The van der Waals surface area contributed by atoms with Crippen molar-refractivity contribution in [3.63, 3.8) is 0 Å². The van der Waals surface area contributed by atoms with Crippen LogP contribution in [-0.4, -0.2) is 34.0 Å². The maximum Gasteiger partial charge on any atom is 0.293 e. The molecule has 1 saturated heterocycles. The van der Waals surface area contributed by atoms with Crippen molar-refractivity contribution in [2.75, 3.05) is 13.4 Å². The van der Waals surface area contributed by atoms with Crippen LogP contribution in [0.3, 0.4) is 0 Å². The van der Waals surface area contributed by atoms with Crippen molar-refractivity contribution in [2.24, 2.45) is 0 Å². The maximum atomic E-state index is 14.1. The van der Waals surface area contributed by atoms with E-state index < -0.39 is 17.0 Å². The molecule has 3 heterocycles. The van der Waals surface area contributed by atoms with Crippen molar-refractivity contribution >= 4 is 39.9 Å². The van der Waals surface area contributed by atoms with Gasteiger partial charge in [0.2, 0.25) is 6.79 Å². The van der Waals surface area contributed by atoms with Crippen molar-refractivity contribution in [1.82, 2.24) is 9.47 Å². The van der Waals surface area contributed by atoms with E-state index in [-0.39, 0.29) is 13.3 Å². The van der Waals surface area contributed by atoms with Gasteiger partial charge in [0.05, 0.1) is 18.0 Å². The van der Waals surface area contributed by atoms with Gasteiger partial charge in [0.25, 0.3) is 11.1 Å². The molecule has 2 amide bonds. The first kappa shape index (κ1) is 23.2. The minimum Gasteiger partial charge on any atom is -0.492 e. The second-order valence-electron chi connectivity index (χ2n) is 8.52. The number of thioether (sulfide) groups is 1. The minimum atomic E-state index is -0.448. The Morgan fingerprint density at radius 3 is 2.70 bits per heavy atom. The van der Waals surface area contributed by atoms with E-state index >= 15 is 0 Å². The smallest absolute Gasteiger partial charge is 0.293 e. The maximum absolute atomic E-state index is 14.1. The van der Waals surface area contributed by atoms with Crippen LogP contribution in [0, 0.1) is 5.82 Å². The number of carbonyl (C=O) groups excluding carboxylic acids is 2. The summed E-state index contributed by atoms with van der Waals surface area (Å²) in [6.45, 7) is 1.09. The van der Waals surface area contributed by atoms with Crippen LogP contribution in [-0.2, 0) is 17.9 Å². The van der Waals surface area contributed by atoms with Crippen LogP contribution in [0.5, 0.6) is 17.2 Å². The first-order valence-electron chi connectivity index (χ1n) is 11.7. The number of rotatable bonds is 7. The molecule has 0 unspecified atom stereocenters. The van der Waals surface area contributed by atoms with Gasteiger partial charge in [-0.25, -0.2) is 4.39 Å². The average molecular weight is 517 g/mol. The summed E-state index contributed by atoms with van der Waals surface area (Å²) < 4.78 is 32.8. The Bertz CT molecular complexity index is 1560. The van der Waals surface area contributed by atoms with Crippen molar-refractivity contribution in [3.8, 4) is 17.2 Å². The van der Waals surface area contributed by atoms with Gasteiger partial charge in [-0.05, 0) is 42.1 Å². The van der Waals surface area contributed by atoms with Gasteiger partial charge in [-0.3, -0.25) is 14.5 Å². The number of hydrogen-bond acceptors (Lipinski definition) is 6. The number of nitrogens with zero attached hydrogens (tertiary/aromatic N) is 2. The van der Waals surface area contributed by atoms with Gasteiger partial charge in [-0.2, -0.15) is 0 Å². The molecule has 0 atom stereocenters. The summed E-state index contributed by atoms with van der Waals surface area (Å²) in [4.78, 5) is 27.0. The van der Waals surface area contributed by atoms with Gasteiger partial charge in [0.1, 0.15) is 18.2 Å². The summed E-state index contributed by atoms with van der Waals surface area (Å²) in [6.07, 6.45) is 3.67. The van der Waals surface area contributed by atoms with E-state index in [2.05, 4.69) is 4.57 Å². The fraction of sp³-hybridized carbons (Fsp3) is 0.143. The Balaban J connectivity index is 1.21. The number of ether oxygens (including phenoxy) is 3. The molecule has 9 heteroatoms. The fourth-order valence-electron chi connectivity index (χ4n) is 4.38. The molecule has 0 bridgehead atoms. The third kappa shape index (κ3) is 4.53. The standard InChI is InChI=1S/C28H21FN2O5S/c29-22-7-3-1-5-18(22)16-31-27(32)26(37-28(31)33)13-19-15-30(23-8-4-2-6-21(19)23)11-12-34-20-9-10-24-25(14-20)36-17-35-24/h1-10,13-15H,11-12,16-17H2/b26-13-. The van der Waals surface area contributed by atoms with Crippen LogP contribution in [0.15, 0.2) is 77.8 Å². The van der Waals surface area contributed by atoms with E-state index in [0.717, 1.165) is 33.1 Å². The van der Waals surface area contributed by atoms with E-state index in [1.165, 1.54) is 6.07 Å². The van der Waals surface area contributed by atoms with E-state index in [1.807, 2.05) is 42.6 Å². The van der Waals surface area contributed by atoms with Crippen LogP contribution in [0.1, 0.15) is 11.1 Å². The lowest BCUT2D eigenvalue weighted by Crippen LogP contribution is -2.27. The first-order chi connectivity index (χ1) is 18.1. The molecular weight excluding hydrogens is 495 g/mol. The first-order valence-corrected chi connectivity index (χ1v) is 12.5. The normalized spacial score (nSPS) is 15.8. The SMILES string of the molecule is O=C1S/C(=C\c2cn(CCOc3ccc4c(c3)OCO4)c3ccccc23)C(=O)N1Cc1ccccc1F. The average Bonchev–Trinajstić information content (AvgIpc) is 3.58. The predicted molar refractivity (Wildman–Crippen MR) is 138 cm³/mol. The number of benzene rings is 3. The molecule has 0 radical (unpaired) electrons. The molecule has 0 aliphatic carbocycles. The minimum absolute atomic E-state index is 0.104. The highest BCUT2D eigenvalue weighted by atomic mass is 32.2. The van der Waals surface area contributed by atoms with E-state index in [9.17, 15) is 14.0 Å². The molecule has 0 spiro atoms. The number of aromatic nitrogens is 1. The zero-order valence-corrected chi connectivity index (χ0v) is 20.4. The predicted octanol–water partition coefficient (Wildman–Crippen LogP) is 5.82. The number of hydrogen-bond donors (Lipinski definition) is 0. The summed E-state index contributed by atoms with van der Waals surface area (Å²) in [5, 5.41) is 0.534. The second kappa shape index (κ2) is 9.67. The highest BCUT2D eigenvalue weighted by Gasteiger charge is 2.35. The third-order valence-corrected chi connectivity index (χ3v) is 7.12. The molecule has 0 saturated carbocycles. The van der Waals surface area contributed by atoms with Crippen LogP contribution in [0.2, 0.25) is 0 Å². The Kier molecular flexibility index (Phi) is 6.05. The summed E-state index contributed by atoms with van der Waals surface area (Å²) in [6, 6.07) is 19.4. The lowest BCUT2D eigenvalue weighted by atomic mass is 10.1. The molecule has 3 aromatic carbocycles. The molecule has 186 valence electrons. The molecule has 1 fully saturated rings. The van der Waals surface area contributed by atoms with Crippen molar-refractivity contribution < 1.29 is 28.2 Å². The Hall–Kier alpha value is -4.24. The van der Waals surface area contributed by atoms with Crippen LogP contribution in [0.25, 0.3) is 17.0 Å².